The zero-order chi connectivity index (χ0) is 20.1. The Morgan fingerprint density at radius 1 is 1.29 bits per heavy atom. The van der Waals surface area contributed by atoms with Gasteiger partial charge < -0.3 is 4.98 Å². The molecular formula is C18H18ClN5O3S. The van der Waals surface area contributed by atoms with Gasteiger partial charge in [-0.25, -0.2) is 4.79 Å². The molecule has 1 aromatic carbocycles. The van der Waals surface area contributed by atoms with Gasteiger partial charge in [0, 0.05) is 17.6 Å². The molecule has 3 rings (SSSR count). The Morgan fingerprint density at radius 3 is 2.82 bits per heavy atom. The minimum absolute atomic E-state index is 0.0467. The summed E-state index contributed by atoms with van der Waals surface area (Å²) in [6.45, 7) is 2.03. The summed E-state index contributed by atoms with van der Waals surface area (Å²) in [4.78, 5) is 39.7. The Labute approximate surface area is 169 Å². The van der Waals surface area contributed by atoms with Crippen LogP contribution in [0.15, 0.2) is 40.1 Å². The van der Waals surface area contributed by atoms with Crippen molar-refractivity contribution in [2.24, 2.45) is 0 Å². The number of hydrogen-bond donors (Lipinski definition) is 2. The summed E-state index contributed by atoms with van der Waals surface area (Å²) < 4.78 is 0.933. The van der Waals surface area contributed by atoms with Crippen molar-refractivity contribution in [2.45, 2.75) is 32.7 Å². The fourth-order valence-corrected chi connectivity index (χ4v) is 3.48. The molecule has 0 saturated heterocycles. The SMILES string of the molecule is CCCCc1nnc(NC(=O)c2c[nH]c(=O)n(Cc3ccccc3Cl)c2=O)s1. The number of amides is 1. The second kappa shape index (κ2) is 8.94. The first-order valence-corrected chi connectivity index (χ1v) is 9.88. The van der Waals surface area contributed by atoms with Crippen LogP contribution in [0.1, 0.15) is 40.7 Å². The van der Waals surface area contributed by atoms with Gasteiger partial charge in [0.1, 0.15) is 10.6 Å². The Hall–Kier alpha value is -2.78. The number of benzene rings is 1. The molecule has 0 radical (unpaired) electrons. The first-order valence-electron chi connectivity index (χ1n) is 8.69. The average Bonchev–Trinajstić information content (AvgIpc) is 3.12. The number of rotatable bonds is 7. The maximum atomic E-state index is 12.7. The molecule has 0 aliphatic carbocycles. The number of aromatic amines is 1. The van der Waals surface area contributed by atoms with E-state index in [9.17, 15) is 14.4 Å². The highest BCUT2D eigenvalue weighted by molar-refractivity contribution is 7.15. The van der Waals surface area contributed by atoms with Crippen molar-refractivity contribution in [3.63, 3.8) is 0 Å². The van der Waals surface area contributed by atoms with Crippen LogP contribution in [0.5, 0.6) is 0 Å². The molecule has 0 spiro atoms. The van der Waals surface area contributed by atoms with Crippen LogP contribution >= 0.6 is 22.9 Å². The van der Waals surface area contributed by atoms with Crippen LogP contribution in [0.2, 0.25) is 5.02 Å². The zero-order valence-electron chi connectivity index (χ0n) is 15.1. The predicted octanol–water partition coefficient (Wildman–Crippen LogP) is 2.68. The number of aryl methyl sites for hydroxylation is 1. The lowest BCUT2D eigenvalue weighted by Crippen LogP contribution is -2.39. The third kappa shape index (κ3) is 4.55. The second-order valence-electron chi connectivity index (χ2n) is 6.05. The van der Waals surface area contributed by atoms with Gasteiger partial charge in [-0.05, 0) is 18.1 Å². The number of anilines is 1. The van der Waals surface area contributed by atoms with Gasteiger partial charge in [-0.3, -0.25) is 19.5 Å². The van der Waals surface area contributed by atoms with Crippen molar-refractivity contribution in [3.05, 3.63) is 72.5 Å². The number of halogens is 1. The number of H-pyrrole nitrogens is 1. The summed E-state index contributed by atoms with van der Waals surface area (Å²) in [6, 6.07) is 6.88. The smallest absolute Gasteiger partial charge is 0.313 e. The van der Waals surface area contributed by atoms with Crippen LogP contribution in [0, 0.1) is 0 Å². The van der Waals surface area contributed by atoms with Crippen LogP contribution in [0.25, 0.3) is 0 Å². The van der Waals surface area contributed by atoms with Gasteiger partial charge in [-0.1, -0.05) is 54.5 Å². The summed E-state index contributed by atoms with van der Waals surface area (Å²) >= 11 is 7.37. The number of aromatic nitrogens is 4. The Balaban J connectivity index is 1.83. The maximum Gasteiger partial charge on any atom is 0.328 e. The number of hydrogen-bond acceptors (Lipinski definition) is 6. The first kappa shape index (κ1) is 20.0. The van der Waals surface area contributed by atoms with Gasteiger partial charge in [0.2, 0.25) is 5.13 Å². The summed E-state index contributed by atoms with van der Waals surface area (Å²) in [6.07, 6.45) is 3.90. The van der Waals surface area contributed by atoms with E-state index >= 15 is 0 Å². The van der Waals surface area contributed by atoms with Gasteiger partial charge in [-0.2, -0.15) is 0 Å². The van der Waals surface area contributed by atoms with E-state index in [1.807, 2.05) is 0 Å². The normalized spacial score (nSPS) is 10.8. The fourth-order valence-electron chi connectivity index (χ4n) is 2.51. The van der Waals surface area contributed by atoms with E-state index in [4.69, 9.17) is 11.6 Å². The highest BCUT2D eigenvalue weighted by atomic mass is 35.5. The second-order valence-corrected chi connectivity index (χ2v) is 7.52. The van der Waals surface area contributed by atoms with Gasteiger partial charge >= 0.3 is 5.69 Å². The largest absolute Gasteiger partial charge is 0.328 e. The van der Waals surface area contributed by atoms with E-state index in [0.29, 0.717) is 15.7 Å². The summed E-state index contributed by atoms with van der Waals surface area (Å²) in [5.74, 6) is -0.660. The predicted molar refractivity (Wildman–Crippen MR) is 108 cm³/mol. The van der Waals surface area contributed by atoms with Gasteiger partial charge in [0.25, 0.3) is 11.5 Å². The molecule has 0 aliphatic rings. The highest BCUT2D eigenvalue weighted by Crippen LogP contribution is 2.18. The van der Waals surface area contributed by atoms with Gasteiger partial charge in [-0.15, -0.1) is 10.2 Å². The number of carbonyl (C=O) groups is 1. The van der Waals surface area contributed by atoms with E-state index < -0.39 is 17.2 Å². The van der Waals surface area contributed by atoms with Crippen molar-refractivity contribution in [2.75, 3.05) is 5.32 Å². The molecule has 1 amide bonds. The van der Waals surface area contributed by atoms with Crippen molar-refractivity contribution >= 4 is 34.0 Å². The topological polar surface area (TPSA) is 110 Å². The molecule has 8 nitrogen and oxygen atoms in total. The molecule has 0 fully saturated rings. The van der Waals surface area contributed by atoms with Crippen LogP contribution in [0.3, 0.4) is 0 Å². The lowest BCUT2D eigenvalue weighted by Gasteiger charge is -2.08. The fraction of sp³-hybridized carbons (Fsp3) is 0.278. The van der Waals surface area contributed by atoms with Crippen molar-refractivity contribution in [3.8, 4) is 0 Å². The standard InChI is InChI=1S/C18H18ClN5O3S/c1-2-3-8-14-22-23-17(28-14)21-15(25)12-9-20-18(27)24(16(12)26)10-11-6-4-5-7-13(11)19/h4-7,9H,2-3,8,10H2,1H3,(H,20,27)(H,21,23,25). The monoisotopic (exact) mass is 419 g/mol. The molecule has 2 N–H and O–H groups in total. The Bertz CT molecular complexity index is 1100. The number of nitrogens with one attached hydrogen (secondary N) is 2. The molecule has 3 aromatic rings. The van der Waals surface area contributed by atoms with Crippen molar-refractivity contribution in [1.29, 1.82) is 0 Å². The molecular weight excluding hydrogens is 402 g/mol. The number of nitrogens with zero attached hydrogens (tertiary/aromatic N) is 3. The third-order valence-electron chi connectivity index (χ3n) is 4.02. The molecule has 146 valence electrons. The molecule has 2 heterocycles. The molecule has 28 heavy (non-hydrogen) atoms. The lowest BCUT2D eigenvalue weighted by molar-refractivity contribution is 0.102. The summed E-state index contributed by atoms with van der Waals surface area (Å²) in [7, 11) is 0. The average molecular weight is 420 g/mol. The first-order chi connectivity index (χ1) is 13.5. The van der Waals surface area contributed by atoms with E-state index in [1.54, 1.807) is 24.3 Å². The van der Waals surface area contributed by atoms with Gasteiger partial charge in [0.05, 0.1) is 6.54 Å². The zero-order valence-corrected chi connectivity index (χ0v) is 16.6. The van der Waals surface area contributed by atoms with Crippen LogP contribution in [-0.4, -0.2) is 25.7 Å². The van der Waals surface area contributed by atoms with E-state index in [2.05, 4.69) is 27.4 Å². The molecule has 2 aromatic heterocycles. The molecule has 0 atom stereocenters. The molecule has 10 heteroatoms. The van der Waals surface area contributed by atoms with E-state index in [1.165, 1.54) is 11.3 Å². The maximum absolute atomic E-state index is 12.7. The van der Waals surface area contributed by atoms with Gasteiger partial charge in [0.15, 0.2) is 0 Å². The number of carbonyl (C=O) groups excluding carboxylic acids is 1. The third-order valence-corrected chi connectivity index (χ3v) is 5.29. The summed E-state index contributed by atoms with van der Waals surface area (Å²) in [5, 5.41) is 12.0. The molecule has 0 saturated carbocycles. The van der Waals surface area contributed by atoms with Crippen LogP contribution < -0.4 is 16.6 Å². The highest BCUT2D eigenvalue weighted by Gasteiger charge is 2.17. The lowest BCUT2D eigenvalue weighted by atomic mass is 10.2. The minimum atomic E-state index is -0.711. The Kier molecular flexibility index (Phi) is 6.37. The van der Waals surface area contributed by atoms with Crippen LogP contribution in [0.4, 0.5) is 5.13 Å². The van der Waals surface area contributed by atoms with Crippen LogP contribution in [-0.2, 0) is 13.0 Å². The quantitative estimate of drug-likeness (QED) is 0.611. The van der Waals surface area contributed by atoms with E-state index in [-0.39, 0.29) is 12.1 Å². The molecule has 0 unspecified atom stereocenters. The Morgan fingerprint density at radius 2 is 2.07 bits per heavy atom. The van der Waals surface area contributed by atoms with Crippen molar-refractivity contribution in [1.82, 2.24) is 19.7 Å². The molecule has 0 aliphatic heterocycles. The minimum Gasteiger partial charge on any atom is -0.313 e. The molecule has 0 bridgehead atoms. The van der Waals surface area contributed by atoms with Crippen molar-refractivity contribution < 1.29 is 4.79 Å². The summed E-state index contributed by atoms with van der Waals surface area (Å²) in [5.41, 5.74) is -0.938. The van der Waals surface area contributed by atoms with E-state index in [0.717, 1.165) is 35.0 Å². The number of unbranched alkanes of at least 4 members (excludes halogenated alkanes) is 1.